The van der Waals surface area contributed by atoms with Gasteiger partial charge in [-0.25, -0.2) is 0 Å². The lowest BCUT2D eigenvalue weighted by Crippen LogP contribution is -2.29. The van der Waals surface area contributed by atoms with Crippen LogP contribution in [0, 0.1) is 17.2 Å². The number of nitrogens with one attached hydrogen (secondary N) is 1. The number of hydrogen-bond donors (Lipinski definition) is 2. The quantitative estimate of drug-likeness (QED) is 0.769. The van der Waals surface area contributed by atoms with Gasteiger partial charge in [-0.05, 0) is 43.5 Å². The van der Waals surface area contributed by atoms with Gasteiger partial charge in [-0.15, -0.1) is 0 Å². The second kappa shape index (κ2) is 8.90. The van der Waals surface area contributed by atoms with Crippen molar-refractivity contribution in [2.45, 2.75) is 33.0 Å². The number of carbonyl (C=O) groups excluding carboxylic acids is 1. The Morgan fingerprint density at radius 3 is 2.92 bits per heavy atom. The van der Waals surface area contributed by atoms with Gasteiger partial charge in [0.25, 0.3) is 5.91 Å². The Hall–Kier alpha value is -2.78. The highest BCUT2D eigenvalue weighted by molar-refractivity contribution is 5.92. The predicted molar refractivity (Wildman–Crippen MR) is 92.0 cm³/mol. The molecule has 2 unspecified atom stereocenters. The van der Waals surface area contributed by atoms with Gasteiger partial charge in [-0.1, -0.05) is 13.0 Å². The highest BCUT2D eigenvalue weighted by atomic mass is 16.5. The van der Waals surface area contributed by atoms with Crippen LogP contribution in [0.15, 0.2) is 41.0 Å². The van der Waals surface area contributed by atoms with Crippen LogP contribution in [0.5, 0.6) is 5.75 Å². The van der Waals surface area contributed by atoms with Crippen molar-refractivity contribution in [2.24, 2.45) is 5.92 Å². The van der Waals surface area contributed by atoms with Crippen molar-refractivity contribution in [1.29, 1.82) is 5.26 Å². The van der Waals surface area contributed by atoms with Crippen molar-refractivity contribution < 1.29 is 19.1 Å². The van der Waals surface area contributed by atoms with Gasteiger partial charge in [0.15, 0.2) is 5.76 Å². The van der Waals surface area contributed by atoms with Crippen LogP contribution in [0.2, 0.25) is 0 Å². The highest BCUT2D eigenvalue weighted by Crippen LogP contribution is 2.17. The molecule has 0 radical (unpaired) electrons. The molecule has 6 nitrogen and oxygen atoms in total. The third-order valence-corrected chi connectivity index (χ3v) is 3.67. The molecule has 1 aromatic carbocycles. The first kappa shape index (κ1) is 18.6. The largest absolute Gasteiger partial charge is 0.489 e. The molecule has 0 aliphatic rings. The van der Waals surface area contributed by atoms with Crippen LogP contribution in [0.1, 0.15) is 41.9 Å². The molecule has 132 valence electrons. The number of aliphatic hydroxyl groups is 1. The van der Waals surface area contributed by atoms with Crippen molar-refractivity contribution in [3.05, 3.63) is 53.5 Å². The fourth-order valence-corrected chi connectivity index (χ4v) is 2.48. The molecule has 0 saturated carbocycles. The lowest BCUT2D eigenvalue weighted by Gasteiger charge is -2.14. The molecule has 2 N–H and O–H groups in total. The van der Waals surface area contributed by atoms with Crippen molar-refractivity contribution in [3.8, 4) is 11.8 Å². The Bertz CT molecular complexity index is 746. The van der Waals surface area contributed by atoms with Crippen LogP contribution >= 0.6 is 0 Å². The van der Waals surface area contributed by atoms with Crippen molar-refractivity contribution in [2.75, 3.05) is 6.54 Å². The molecule has 2 rings (SSSR count). The highest BCUT2D eigenvalue weighted by Gasteiger charge is 2.17. The Morgan fingerprint density at radius 2 is 2.20 bits per heavy atom. The molecule has 0 bridgehead atoms. The number of benzene rings is 1. The minimum atomic E-state index is -0.399. The Balaban J connectivity index is 1.93. The maximum absolute atomic E-state index is 12.3. The van der Waals surface area contributed by atoms with E-state index in [9.17, 15) is 9.90 Å². The van der Waals surface area contributed by atoms with Gasteiger partial charge in [0.1, 0.15) is 12.4 Å². The van der Waals surface area contributed by atoms with E-state index in [0.717, 1.165) is 0 Å². The minimum Gasteiger partial charge on any atom is -0.489 e. The molecular formula is C19H22N2O4. The normalized spacial score (nSPS) is 12.9. The number of nitriles is 1. The van der Waals surface area contributed by atoms with E-state index >= 15 is 0 Å². The van der Waals surface area contributed by atoms with Crippen molar-refractivity contribution in [3.63, 3.8) is 0 Å². The van der Waals surface area contributed by atoms with Crippen LogP contribution < -0.4 is 10.1 Å². The summed E-state index contributed by atoms with van der Waals surface area (Å²) < 4.78 is 10.9. The third-order valence-electron chi connectivity index (χ3n) is 3.67. The van der Waals surface area contributed by atoms with E-state index in [1.54, 1.807) is 37.3 Å². The minimum absolute atomic E-state index is 0.160. The zero-order valence-electron chi connectivity index (χ0n) is 14.4. The van der Waals surface area contributed by atoms with Crippen molar-refractivity contribution in [1.82, 2.24) is 5.32 Å². The van der Waals surface area contributed by atoms with E-state index in [1.807, 2.05) is 6.92 Å². The number of furan rings is 1. The standard InChI is InChI=1S/C19H22N2O4/c1-13(8-14(2)22)11-21-19(23)18-16(6-7-24-18)12-25-17-5-3-4-15(9-17)10-20/h3-7,9,13-14,22H,8,11-12H2,1-2H3,(H,21,23). The van der Waals surface area contributed by atoms with E-state index in [1.165, 1.54) is 6.26 Å². The summed E-state index contributed by atoms with van der Waals surface area (Å²) in [5, 5.41) is 21.1. The maximum atomic E-state index is 12.3. The molecule has 0 aliphatic carbocycles. The van der Waals surface area contributed by atoms with E-state index in [4.69, 9.17) is 14.4 Å². The Labute approximate surface area is 147 Å². The molecule has 0 spiro atoms. The van der Waals surface area contributed by atoms with Crippen LogP contribution in [-0.4, -0.2) is 23.7 Å². The summed E-state index contributed by atoms with van der Waals surface area (Å²) in [5.74, 6) is 0.608. The SMILES string of the molecule is CC(O)CC(C)CNC(=O)c1occc1COc1cccc(C#N)c1. The number of aliphatic hydroxyl groups excluding tert-OH is 1. The fraction of sp³-hybridized carbons (Fsp3) is 0.368. The number of nitrogens with zero attached hydrogens (tertiary/aromatic N) is 1. The molecule has 0 aliphatic heterocycles. The molecule has 25 heavy (non-hydrogen) atoms. The van der Waals surface area contributed by atoms with Crippen LogP contribution in [0.4, 0.5) is 0 Å². The monoisotopic (exact) mass is 342 g/mol. The molecule has 2 atom stereocenters. The zero-order valence-corrected chi connectivity index (χ0v) is 14.4. The first-order valence-electron chi connectivity index (χ1n) is 8.15. The summed E-state index contributed by atoms with van der Waals surface area (Å²) in [7, 11) is 0. The van der Waals surface area contributed by atoms with Gasteiger partial charge in [0, 0.05) is 12.1 Å². The smallest absolute Gasteiger partial charge is 0.287 e. The molecule has 1 amide bonds. The molecule has 1 aromatic heterocycles. The zero-order chi connectivity index (χ0) is 18.2. The average molecular weight is 342 g/mol. The summed E-state index contributed by atoms with van der Waals surface area (Å²) in [6, 6.07) is 10.5. The van der Waals surface area contributed by atoms with Crippen LogP contribution in [-0.2, 0) is 6.61 Å². The van der Waals surface area contributed by atoms with Gasteiger partial charge in [0.2, 0.25) is 0 Å². The number of rotatable bonds is 8. The molecule has 1 heterocycles. The summed E-state index contributed by atoms with van der Waals surface area (Å²) >= 11 is 0. The first-order chi connectivity index (χ1) is 12.0. The third kappa shape index (κ3) is 5.66. The summed E-state index contributed by atoms with van der Waals surface area (Å²) in [6.45, 7) is 4.30. The lowest BCUT2D eigenvalue weighted by atomic mass is 10.0. The molecule has 2 aromatic rings. The van der Waals surface area contributed by atoms with Gasteiger partial charge >= 0.3 is 0 Å². The van der Waals surface area contributed by atoms with Crippen LogP contribution in [0.25, 0.3) is 0 Å². The maximum Gasteiger partial charge on any atom is 0.287 e. The molecular weight excluding hydrogens is 320 g/mol. The van der Waals surface area contributed by atoms with E-state index in [0.29, 0.717) is 29.8 Å². The van der Waals surface area contributed by atoms with Gasteiger partial charge in [0.05, 0.1) is 24.0 Å². The van der Waals surface area contributed by atoms with E-state index in [2.05, 4.69) is 11.4 Å². The van der Waals surface area contributed by atoms with Gasteiger partial charge < -0.3 is 19.6 Å². The number of hydrogen-bond acceptors (Lipinski definition) is 5. The van der Waals surface area contributed by atoms with Gasteiger partial charge in [-0.2, -0.15) is 5.26 Å². The van der Waals surface area contributed by atoms with E-state index in [-0.39, 0.29) is 24.2 Å². The Morgan fingerprint density at radius 1 is 1.40 bits per heavy atom. The second-order valence-electron chi connectivity index (χ2n) is 6.10. The second-order valence-corrected chi connectivity index (χ2v) is 6.10. The topological polar surface area (TPSA) is 95.5 Å². The number of carbonyl (C=O) groups is 1. The predicted octanol–water partition coefficient (Wildman–Crippen LogP) is 2.87. The average Bonchev–Trinajstić information content (AvgIpc) is 3.06. The van der Waals surface area contributed by atoms with Crippen molar-refractivity contribution >= 4 is 5.91 Å². The molecule has 6 heteroatoms. The number of ether oxygens (including phenoxy) is 1. The first-order valence-corrected chi connectivity index (χ1v) is 8.15. The molecule has 0 saturated heterocycles. The fourth-order valence-electron chi connectivity index (χ4n) is 2.48. The van der Waals surface area contributed by atoms with Crippen LogP contribution in [0.3, 0.4) is 0 Å². The summed E-state index contributed by atoms with van der Waals surface area (Å²) in [5.41, 5.74) is 1.14. The lowest BCUT2D eigenvalue weighted by molar-refractivity contribution is 0.0908. The van der Waals surface area contributed by atoms with E-state index < -0.39 is 6.10 Å². The number of amides is 1. The summed E-state index contributed by atoms with van der Waals surface area (Å²) in [4.78, 5) is 12.3. The molecule has 0 fully saturated rings. The summed E-state index contributed by atoms with van der Waals surface area (Å²) in [6.07, 6.45) is 1.66. The Kier molecular flexibility index (Phi) is 6.61. The van der Waals surface area contributed by atoms with Gasteiger partial charge in [-0.3, -0.25) is 4.79 Å².